The largest absolute Gasteiger partial charge is 0.493 e. The normalized spacial score (nSPS) is 22.7. The first kappa shape index (κ1) is 15.6. The van der Waals surface area contributed by atoms with Crippen molar-refractivity contribution in [3.8, 4) is 5.75 Å². The predicted molar refractivity (Wildman–Crippen MR) is 85.7 cm³/mol. The quantitative estimate of drug-likeness (QED) is 0.506. The highest BCUT2D eigenvalue weighted by Crippen LogP contribution is 2.28. The van der Waals surface area contributed by atoms with E-state index in [0.29, 0.717) is 0 Å². The number of benzene rings is 1. The zero-order valence-electron chi connectivity index (χ0n) is 12.6. The maximum absolute atomic E-state index is 12.8. The van der Waals surface area contributed by atoms with Crippen LogP contribution in [-0.4, -0.2) is 15.4 Å². The third-order valence-corrected chi connectivity index (χ3v) is 8.01. The Balaban J connectivity index is 1.63. The lowest BCUT2D eigenvalue weighted by molar-refractivity contribution is 0.236. The number of unbranched alkanes of at least 4 members (excludes halogenated alkanes) is 2. The Morgan fingerprint density at radius 1 is 1.15 bits per heavy atom. The van der Waals surface area contributed by atoms with E-state index in [-0.39, 0.29) is 5.82 Å². The molecule has 0 N–H and O–H groups in total. The number of rotatable bonds is 7. The van der Waals surface area contributed by atoms with E-state index >= 15 is 0 Å². The predicted octanol–water partition coefficient (Wildman–Crippen LogP) is 5.03. The SMILES string of the molecule is CCCCC[SiH]1CCC(COc2ccc(F)cc2)CC1. The Kier molecular flexibility index (Phi) is 6.57. The fourth-order valence-electron chi connectivity index (χ4n) is 3.11. The third kappa shape index (κ3) is 5.27. The molecule has 0 atom stereocenters. The first-order valence-electron chi connectivity index (χ1n) is 8.16. The van der Waals surface area contributed by atoms with E-state index in [4.69, 9.17) is 4.74 Å². The van der Waals surface area contributed by atoms with Crippen molar-refractivity contribution in [2.45, 2.75) is 57.2 Å². The van der Waals surface area contributed by atoms with Gasteiger partial charge in [-0.2, -0.15) is 0 Å². The second kappa shape index (κ2) is 8.45. The van der Waals surface area contributed by atoms with Gasteiger partial charge in [0.1, 0.15) is 11.6 Å². The van der Waals surface area contributed by atoms with Crippen molar-refractivity contribution >= 4 is 8.80 Å². The summed E-state index contributed by atoms with van der Waals surface area (Å²) in [6.07, 6.45) is 6.93. The molecular formula is C17H27FOSi. The van der Waals surface area contributed by atoms with Gasteiger partial charge in [0.05, 0.1) is 6.61 Å². The smallest absolute Gasteiger partial charge is 0.123 e. The van der Waals surface area contributed by atoms with Crippen LogP contribution >= 0.6 is 0 Å². The molecule has 1 aliphatic heterocycles. The van der Waals surface area contributed by atoms with E-state index in [1.54, 1.807) is 18.2 Å². The number of hydrogen-bond acceptors (Lipinski definition) is 1. The molecule has 0 unspecified atom stereocenters. The van der Waals surface area contributed by atoms with Crippen molar-refractivity contribution in [2.75, 3.05) is 6.61 Å². The van der Waals surface area contributed by atoms with Crippen molar-refractivity contribution < 1.29 is 9.13 Å². The molecule has 2 rings (SSSR count). The summed E-state index contributed by atoms with van der Waals surface area (Å²) in [7, 11) is -0.407. The average Bonchev–Trinajstić information content (AvgIpc) is 2.48. The van der Waals surface area contributed by atoms with Gasteiger partial charge >= 0.3 is 0 Å². The van der Waals surface area contributed by atoms with Crippen molar-refractivity contribution in [3.63, 3.8) is 0 Å². The standard InChI is InChI=1S/C17H27FOSi/c1-2-3-4-11-20-12-9-15(10-13-20)14-19-17-7-5-16(18)6-8-17/h5-8,15,20H,2-4,9-14H2,1H3. The Hall–Kier alpha value is -0.833. The van der Waals surface area contributed by atoms with Gasteiger partial charge in [-0.05, 0) is 43.0 Å². The summed E-state index contributed by atoms with van der Waals surface area (Å²) in [5.74, 6) is 1.32. The van der Waals surface area contributed by atoms with Crippen LogP contribution in [0.1, 0.15) is 39.0 Å². The molecule has 0 aromatic heterocycles. The minimum atomic E-state index is -0.407. The molecule has 1 fully saturated rings. The van der Waals surface area contributed by atoms with Gasteiger partial charge in [-0.1, -0.05) is 44.3 Å². The highest BCUT2D eigenvalue weighted by atomic mass is 28.3. The van der Waals surface area contributed by atoms with Crippen LogP contribution in [0.5, 0.6) is 5.75 Å². The van der Waals surface area contributed by atoms with Gasteiger partial charge in [-0.25, -0.2) is 4.39 Å². The topological polar surface area (TPSA) is 9.23 Å². The molecule has 1 nitrogen and oxygen atoms in total. The fraction of sp³-hybridized carbons (Fsp3) is 0.647. The number of hydrogen-bond donors (Lipinski definition) is 0. The lowest BCUT2D eigenvalue weighted by Gasteiger charge is -2.27. The minimum absolute atomic E-state index is 0.198. The van der Waals surface area contributed by atoms with Crippen LogP contribution in [0.15, 0.2) is 24.3 Å². The maximum atomic E-state index is 12.8. The molecule has 1 aromatic rings. The van der Waals surface area contributed by atoms with Crippen LogP contribution in [0.4, 0.5) is 4.39 Å². The summed E-state index contributed by atoms with van der Waals surface area (Å²) >= 11 is 0. The second-order valence-corrected chi connectivity index (χ2v) is 9.61. The maximum Gasteiger partial charge on any atom is 0.123 e. The van der Waals surface area contributed by atoms with Crippen molar-refractivity contribution in [3.05, 3.63) is 30.1 Å². The molecule has 0 aliphatic carbocycles. The summed E-state index contributed by atoms with van der Waals surface area (Å²) in [6, 6.07) is 10.9. The Labute approximate surface area is 124 Å². The molecule has 1 aliphatic rings. The molecule has 0 bridgehead atoms. The van der Waals surface area contributed by atoms with E-state index < -0.39 is 8.80 Å². The first-order valence-corrected chi connectivity index (χ1v) is 10.6. The zero-order valence-corrected chi connectivity index (χ0v) is 13.8. The average molecular weight is 294 g/mol. The second-order valence-electron chi connectivity index (χ2n) is 6.15. The Morgan fingerprint density at radius 3 is 2.50 bits per heavy atom. The summed E-state index contributed by atoms with van der Waals surface area (Å²) in [5, 5.41) is 0. The highest BCUT2D eigenvalue weighted by molar-refractivity contribution is 6.58. The molecule has 3 heteroatoms. The zero-order chi connectivity index (χ0) is 14.2. The monoisotopic (exact) mass is 294 g/mol. The molecule has 1 aromatic carbocycles. The van der Waals surface area contributed by atoms with Gasteiger partial charge in [-0.15, -0.1) is 0 Å². The van der Waals surface area contributed by atoms with Gasteiger partial charge in [0.25, 0.3) is 0 Å². The molecular weight excluding hydrogens is 267 g/mol. The summed E-state index contributed by atoms with van der Waals surface area (Å²) in [4.78, 5) is 0. The van der Waals surface area contributed by atoms with Gasteiger partial charge in [0.2, 0.25) is 0 Å². The van der Waals surface area contributed by atoms with E-state index in [1.165, 1.54) is 56.3 Å². The van der Waals surface area contributed by atoms with Gasteiger partial charge in [0, 0.05) is 8.80 Å². The molecule has 0 saturated carbocycles. The van der Waals surface area contributed by atoms with Crippen molar-refractivity contribution in [1.82, 2.24) is 0 Å². The van der Waals surface area contributed by atoms with Gasteiger partial charge in [0.15, 0.2) is 0 Å². The Morgan fingerprint density at radius 2 is 1.85 bits per heavy atom. The molecule has 20 heavy (non-hydrogen) atoms. The molecule has 112 valence electrons. The Bertz CT molecular complexity index is 371. The third-order valence-electron chi connectivity index (χ3n) is 4.48. The number of ether oxygens (including phenoxy) is 1. The van der Waals surface area contributed by atoms with E-state index in [1.807, 2.05) is 0 Å². The molecule has 0 amide bonds. The first-order chi connectivity index (χ1) is 9.78. The van der Waals surface area contributed by atoms with E-state index in [9.17, 15) is 4.39 Å². The minimum Gasteiger partial charge on any atom is -0.493 e. The van der Waals surface area contributed by atoms with Crippen LogP contribution in [0.3, 0.4) is 0 Å². The van der Waals surface area contributed by atoms with E-state index in [0.717, 1.165) is 18.3 Å². The molecule has 0 spiro atoms. The lowest BCUT2D eigenvalue weighted by atomic mass is 10.0. The van der Waals surface area contributed by atoms with Crippen molar-refractivity contribution in [1.29, 1.82) is 0 Å². The molecule has 1 heterocycles. The summed E-state index contributed by atoms with van der Waals surface area (Å²) in [5.41, 5.74) is 0. The van der Waals surface area contributed by atoms with Crippen LogP contribution < -0.4 is 4.74 Å². The van der Waals surface area contributed by atoms with Crippen LogP contribution in [0.25, 0.3) is 0 Å². The van der Waals surface area contributed by atoms with Gasteiger partial charge < -0.3 is 4.74 Å². The molecule has 1 saturated heterocycles. The number of halogens is 1. The van der Waals surface area contributed by atoms with Crippen LogP contribution in [0, 0.1) is 11.7 Å². The lowest BCUT2D eigenvalue weighted by Crippen LogP contribution is -2.24. The molecule has 0 radical (unpaired) electrons. The summed E-state index contributed by atoms with van der Waals surface area (Å²) in [6.45, 7) is 3.09. The highest BCUT2D eigenvalue weighted by Gasteiger charge is 2.22. The summed E-state index contributed by atoms with van der Waals surface area (Å²) < 4.78 is 18.6. The fourth-order valence-corrected chi connectivity index (χ4v) is 6.73. The van der Waals surface area contributed by atoms with E-state index in [2.05, 4.69) is 6.92 Å². The van der Waals surface area contributed by atoms with Gasteiger partial charge in [-0.3, -0.25) is 0 Å². The van der Waals surface area contributed by atoms with Crippen molar-refractivity contribution in [2.24, 2.45) is 5.92 Å². The van der Waals surface area contributed by atoms with Crippen LogP contribution in [0.2, 0.25) is 18.1 Å². The van der Waals surface area contributed by atoms with Crippen LogP contribution in [-0.2, 0) is 0 Å².